The maximum atomic E-state index is 12.5. The third-order valence-corrected chi connectivity index (χ3v) is 3.63. The topological polar surface area (TPSA) is 50.8 Å². The van der Waals surface area contributed by atoms with Crippen LogP contribution in [0.5, 0.6) is 0 Å². The molecule has 0 aliphatic rings. The molecule has 2 aromatic carbocycles. The van der Waals surface area contributed by atoms with Gasteiger partial charge in [-0.2, -0.15) is 0 Å². The summed E-state index contributed by atoms with van der Waals surface area (Å²) in [5, 5.41) is 5.22. The molecule has 0 saturated heterocycles. The van der Waals surface area contributed by atoms with E-state index >= 15 is 0 Å². The first-order valence-electron chi connectivity index (χ1n) is 7.77. The summed E-state index contributed by atoms with van der Waals surface area (Å²) >= 11 is 0. The van der Waals surface area contributed by atoms with Crippen LogP contribution in [-0.4, -0.2) is 51.5 Å². The minimum absolute atomic E-state index is 0.117. The lowest BCUT2D eigenvalue weighted by atomic mass is 10.1. The fourth-order valence-corrected chi connectivity index (χ4v) is 2.39. The molecule has 23 heavy (non-hydrogen) atoms. The molecule has 0 spiro atoms. The number of hydrogen-bond donors (Lipinski definition) is 1. The molecule has 0 atom stereocenters. The van der Waals surface area contributed by atoms with E-state index < -0.39 is 0 Å². The molecule has 0 fully saturated rings. The second-order valence-corrected chi connectivity index (χ2v) is 5.32. The molecule has 0 bridgehead atoms. The summed E-state index contributed by atoms with van der Waals surface area (Å²) in [4.78, 5) is 14.2. The zero-order valence-electron chi connectivity index (χ0n) is 13.7. The predicted octanol–water partition coefficient (Wildman–Crippen LogP) is 3.36. The van der Waals surface area contributed by atoms with Gasteiger partial charge in [0.2, 0.25) is 0 Å². The second-order valence-electron chi connectivity index (χ2n) is 5.32. The zero-order valence-corrected chi connectivity index (χ0v) is 13.7. The highest BCUT2D eigenvalue weighted by atomic mass is 16.5. The average Bonchev–Trinajstić information content (AvgIpc) is 2.57. The molecule has 5 heteroatoms. The number of benzene rings is 2. The van der Waals surface area contributed by atoms with Crippen LogP contribution in [0.3, 0.4) is 0 Å². The molecule has 5 nitrogen and oxygen atoms in total. The van der Waals surface area contributed by atoms with Crippen molar-refractivity contribution in [3.8, 4) is 0 Å². The minimum Gasteiger partial charge on any atom is -0.385 e. The molecule has 0 aliphatic heterocycles. The van der Waals surface area contributed by atoms with Gasteiger partial charge in [-0.3, -0.25) is 0 Å². The largest absolute Gasteiger partial charge is 0.385 e. The predicted molar refractivity (Wildman–Crippen MR) is 92.9 cm³/mol. The van der Waals surface area contributed by atoms with E-state index in [4.69, 9.17) is 9.47 Å². The van der Waals surface area contributed by atoms with Gasteiger partial charge in [-0.15, -0.1) is 0 Å². The van der Waals surface area contributed by atoms with E-state index in [1.54, 1.807) is 19.1 Å². The van der Waals surface area contributed by atoms with Crippen molar-refractivity contribution in [2.45, 2.75) is 6.42 Å². The molecule has 2 rings (SSSR count). The number of rotatable bonds is 8. The molecule has 1 N–H and O–H groups in total. The highest BCUT2D eigenvalue weighted by Crippen LogP contribution is 2.19. The first-order chi connectivity index (χ1) is 11.2. The quantitative estimate of drug-likeness (QED) is 0.760. The van der Waals surface area contributed by atoms with Gasteiger partial charge < -0.3 is 19.7 Å². The smallest absolute Gasteiger partial charge is 0.321 e. The number of fused-ring (bicyclic) bond motifs is 1. The molecule has 0 aliphatic carbocycles. The number of carbonyl (C=O) groups excluding carboxylic acids is 1. The Morgan fingerprint density at radius 2 is 1.74 bits per heavy atom. The molecular formula is C18H24N2O3. The number of nitrogens with zero attached hydrogens (tertiary/aromatic N) is 1. The van der Waals surface area contributed by atoms with Crippen LogP contribution >= 0.6 is 0 Å². The summed E-state index contributed by atoms with van der Waals surface area (Å²) < 4.78 is 10.1. The highest BCUT2D eigenvalue weighted by molar-refractivity contribution is 5.93. The van der Waals surface area contributed by atoms with Gasteiger partial charge in [-0.1, -0.05) is 30.3 Å². The summed E-state index contributed by atoms with van der Waals surface area (Å²) in [5.41, 5.74) is 0.794. The molecular weight excluding hydrogens is 292 g/mol. The fourth-order valence-electron chi connectivity index (χ4n) is 2.39. The van der Waals surface area contributed by atoms with Crippen molar-refractivity contribution in [1.29, 1.82) is 0 Å². The lowest BCUT2D eigenvalue weighted by molar-refractivity contribution is 0.143. The monoisotopic (exact) mass is 316 g/mol. The third-order valence-electron chi connectivity index (χ3n) is 3.63. The molecule has 2 aromatic rings. The van der Waals surface area contributed by atoms with E-state index in [2.05, 4.69) is 11.4 Å². The Morgan fingerprint density at radius 1 is 1.00 bits per heavy atom. The summed E-state index contributed by atoms with van der Waals surface area (Å²) in [6.07, 6.45) is 0.797. The highest BCUT2D eigenvalue weighted by Gasteiger charge is 2.13. The van der Waals surface area contributed by atoms with E-state index in [1.165, 1.54) is 0 Å². The van der Waals surface area contributed by atoms with E-state index in [9.17, 15) is 4.79 Å². The van der Waals surface area contributed by atoms with Crippen molar-refractivity contribution >= 4 is 22.5 Å². The van der Waals surface area contributed by atoms with Gasteiger partial charge in [0, 0.05) is 39.6 Å². The Labute approximate surface area is 137 Å². The molecule has 0 radical (unpaired) electrons. The second kappa shape index (κ2) is 9.12. The Bertz CT molecular complexity index is 630. The van der Waals surface area contributed by atoms with Gasteiger partial charge in [0.15, 0.2) is 0 Å². The Balaban J connectivity index is 2.02. The van der Waals surface area contributed by atoms with Crippen molar-refractivity contribution in [3.63, 3.8) is 0 Å². The van der Waals surface area contributed by atoms with E-state index in [1.807, 2.05) is 36.4 Å². The molecule has 124 valence electrons. The van der Waals surface area contributed by atoms with Crippen LogP contribution in [0.25, 0.3) is 10.8 Å². The van der Waals surface area contributed by atoms with Gasteiger partial charge in [-0.05, 0) is 29.3 Å². The van der Waals surface area contributed by atoms with Crippen molar-refractivity contribution in [2.75, 3.05) is 45.8 Å². The summed E-state index contributed by atoms with van der Waals surface area (Å²) in [6.45, 7) is 2.33. The number of anilines is 1. The standard InChI is InChI=1S/C18H24N2O3/c1-22-12-5-10-20(11-13-23-2)18(21)19-17-9-8-15-6-3-4-7-16(15)14-17/h3-4,6-9,14H,5,10-13H2,1-2H3,(H,19,21). The normalized spacial score (nSPS) is 10.7. The SMILES string of the molecule is COCCCN(CCOC)C(=O)Nc1ccc2ccccc2c1. The number of carbonyl (C=O) groups is 1. The van der Waals surface area contributed by atoms with Crippen LogP contribution in [0, 0.1) is 0 Å². The zero-order chi connectivity index (χ0) is 16.5. The van der Waals surface area contributed by atoms with Crippen LogP contribution in [0.2, 0.25) is 0 Å². The number of urea groups is 1. The summed E-state index contributed by atoms with van der Waals surface area (Å²) in [6, 6.07) is 13.9. The van der Waals surface area contributed by atoms with Crippen molar-refractivity contribution in [2.24, 2.45) is 0 Å². The Kier molecular flexibility index (Phi) is 6.84. The number of nitrogens with one attached hydrogen (secondary N) is 1. The lowest BCUT2D eigenvalue weighted by Crippen LogP contribution is -2.38. The maximum absolute atomic E-state index is 12.5. The van der Waals surface area contributed by atoms with Crippen LogP contribution < -0.4 is 5.32 Å². The Hall–Kier alpha value is -2.11. The maximum Gasteiger partial charge on any atom is 0.321 e. The first-order valence-corrected chi connectivity index (χ1v) is 7.77. The number of hydrogen-bond acceptors (Lipinski definition) is 3. The number of amides is 2. The summed E-state index contributed by atoms with van der Waals surface area (Å²) in [7, 11) is 3.29. The number of methoxy groups -OCH3 is 2. The Morgan fingerprint density at radius 3 is 2.48 bits per heavy atom. The van der Waals surface area contributed by atoms with Crippen LogP contribution in [0.15, 0.2) is 42.5 Å². The molecule has 2 amide bonds. The van der Waals surface area contributed by atoms with E-state index in [0.29, 0.717) is 26.3 Å². The van der Waals surface area contributed by atoms with Crippen LogP contribution in [-0.2, 0) is 9.47 Å². The van der Waals surface area contributed by atoms with Gasteiger partial charge in [0.1, 0.15) is 0 Å². The van der Waals surface area contributed by atoms with Crippen LogP contribution in [0.4, 0.5) is 10.5 Å². The molecule has 0 saturated carbocycles. The number of ether oxygens (including phenoxy) is 2. The van der Waals surface area contributed by atoms with Crippen molar-refractivity contribution in [3.05, 3.63) is 42.5 Å². The van der Waals surface area contributed by atoms with E-state index in [0.717, 1.165) is 22.9 Å². The van der Waals surface area contributed by atoms with E-state index in [-0.39, 0.29) is 6.03 Å². The van der Waals surface area contributed by atoms with Crippen molar-refractivity contribution in [1.82, 2.24) is 4.90 Å². The van der Waals surface area contributed by atoms with Gasteiger partial charge >= 0.3 is 6.03 Å². The van der Waals surface area contributed by atoms with Crippen molar-refractivity contribution < 1.29 is 14.3 Å². The molecule has 0 unspecified atom stereocenters. The first kappa shape index (κ1) is 17.2. The average molecular weight is 316 g/mol. The fraction of sp³-hybridized carbons (Fsp3) is 0.389. The molecule has 0 aromatic heterocycles. The van der Waals surface area contributed by atoms with Gasteiger partial charge in [-0.25, -0.2) is 4.79 Å². The molecule has 0 heterocycles. The van der Waals surface area contributed by atoms with Gasteiger partial charge in [0.05, 0.1) is 6.61 Å². The lowest BCUT2D eigenvalue weighted by Gasteiger charge is -2.22. The van der Waals surface area contributed by atoms with Gasteiger partial charge in [0.25, 0.3) is 0 Å². The minimum atomic E-state index is -0.117. The summed E-state index contributed by atoms with van der Waals surface area (Å²) in [5.74, 6) is 0. The third kappa shape index (κ3) is 5.23. The van der Waals surface area contributed by atoms with Crippen LogP contribution in [0.1, 0.15) is 6.42 Å².